The lowest BCUT2D eigenvalue weighted by atomic mass is 10.1. The van der Waals surface area contributed by atoms with Crippen molar-refractivity contribution in [2.75, 3.05) is 5.73 Å². The molecule has 0 bridgehead atoms. The smallest absolute Gasteiger partial charge is 0.303 e. The number of aromatic nitrogens is 6. The first kappa shape index (κ1) is 20.1. The van der Waals surface area contributed by atoms with E-state index >= 15 is 0 Å². The van der Waals surface area contributed by atoms with Gasteiger partial charge in [0.05, 0.1) is 36.2 Å². The van der Waals surface area contributed by atoms with E-state index in [1.165, 1.54) is 0 Å². The summed E-state index contributed by atoms with van der Waals surface area (Å²) < 4.78 is 1.66. The Hall–Kier alpha value is -4.14. The molecule has 0 spiro atoms. The summed E-state index contributed by atoms with van der Waals surface area (Å²) in [6.45, 7) is 2.42. The van der Waals surface area contributed by atoms with Crippen molar-refractivity contribution in [2.24, 2.45) is 0 Å². The summed E-state index contributed by atoms with van der Waals surface area (Å²) in [6.07, 6.45) is 2.20. The number of carboxylic acids is 1. The van der Waals surface area contributed by atoms with Gasteiger partial charge in [0.15, 0.2) is 0 Å². The third-order valence-corrected chi connectivity index (χ3v) is 4.64. The van der Waals surface area contributed by atoms with E-state index in [2.05, 4.69) is 25.3 Å². The van der Waals surface area contributed by atoms with Gasteiger partial charge in [-0.15, -0.1) is 5.10 Å². The second-order valence-electron chi connectivity index (χ2n) is 7.18. The molecular weight excluding hydrogens is 394 g/mol. The van der Waals surface area contributed by atoms with Crippen molar-refractivity contribution in [1.82, 2.24) is 29.9 Å². The Labute approximate surface area is 178 Å². The van der Waals surface area contributed by atoms with Crippen molar-refractivity contribution in [3.8, 4) is 22.6 Å². The molecule has 0 unspecified atom stereocenters. The Bertz CT molecular complexity index is 1240. The van der Waals surface area contributed by atoms with Crippen molar-refractivity contribution in [1.29, 1.82) is 0 Å². The van der Waals surface area contributed by atoms with Crippen LogP contribution in [0.2, 0.25) is 0 Å². The summed E-state index contributed by atoms with van der Waals surface area (Å²) in [5, 5.41) is 17.2. The number of carboxylic acid groups (broad SMARTS) is 1. The summed E-state index contributed by atoms with van der Waals surface area (Å²) in [6, 6.07) is 15.4. The molecule has 0 fully saturated rings. The number of nitrogen functional groups attached to an aromatic ring is 1. The number of benzene rings is 1. The molecular formula is C22H21N7O2. The molecule has 31 heavy (non-hydrogen) atoms. The molecule has 0 aliphatic heterocycles. The highest BCUT2D eigenvalue weighted by atomic mass is 16.4. The molecule has 3 aromatic heterocycles. The predicted octanol–water partition coefficient (Wildman–Crippen LogP) is 2.75. The first-order chi connectivity index (χ1) is 15.0. The second kappa shape index (κ2) is 8.70. The Kier molecular flexibility index (Phi) is 5.65. The van der Waals surface area contributed by atoms with Gasteiger partial charge in [0.25, 0.3) is 0 Å². The van der Waals surface area contributed by atoms with Gasteiger partial charge in [-0.1, -0.05) is 35.0 Å². The first-order valence-corrected chi connectivity index (χ1v) is 9.75. The molecule has 0 saturated carbocycles. The molecule has 0 atom stereocenters. The third-order valence-electron chi connectivity index (χ3n) is 4.64. The van der Waals surface area contributed by atoms with Crippen molar-refractivity contribution in [3.05, 3.63) is 71.7 Å². The van der Waals surface area contributed by atoms with Crippen LogP contribution < -0.4 is 5.73 Å². The minimum Gasteiger partial charge on any atom is -0.481 e. The molecule has 9 heteroatoms. The number of aliphatic carboxylic acids is 1. The van der Waals surface area contributed by atoms with Crippen LogP contribution in [-0.4, -0.2) is 41.0 Å². The van der Waals surface area contributed by atoms with Crippen LogP contribution in [0.25, 0.3) is 22.6 Å². The van der Waals surface area contributed by atoms with Crippen molar-refractivity contribution in [2.45, 2.75) is 26.3 Å². The van der Waals surface area contributed by atoms with Crippen molar-refractivity contribution >= 4 is 11.9 Å². The van der Waals surface area contributed by atoms with E-state index < -0.39 is 5.97 Å². The second-order valence-corrected chi connectivity index (χ2v) is 7.18. The number of aryl methyl sites for hydroxylation is 2. The highest BCUT2D eigenvalue weighted by molar-refractivity contribution is 5.67. The van der Waals surface area contributed by atoms with Gasteiger partial charge in [-0.05, 0) is 31.2 Å². The summed E-state index contributed by atoms with van der Waals surface area (Å²) >= 11 is 0. The molecule has 0 aliphatic rings. The number of rotatable bonds is 7. The van der Waals surface area contributed by atoms with E-state index in [-0.39, 0.29) is 12.4 Å². The Morgan fingerprint density at radius 2 is 1.77 bits per heavy atom. The Morgan fingerprint density at radius 1 is 1.00 bits per heavy atom. The van der Waals surface area contributed by atoms with Crippen LogP contribution in [0.15, 0.2) is 54.7 Å². The van der Waals surface area contributed by atoms with Gasteiger partial charge in [-0.25, -0.2) is 14.6 Å². The molecule has 9 nitrogen and oxygen atoms in total. The van der Waals surface area contributed by atoms with Crippen LogP contribution in [0, 0.1) is 6.92 Å². The van der Waals surface area contributed by atoms with Crippen LogP contribution in [0.4, 0.5) is 5.95 Å². The van der Waals surface area contributed by atoms with E-state index in [9.17, 15) is 4.79 Å². The molecule has 156 valence electrons. The molecule has 0 saturated heterocycles. The summed E-state index contributed by atoms with van der Waals surface area (Å²) in [5.74, 6) is -0.682. The monoisotopic (exact) mass is 415 g/mol. The molecule has 0 aliphatic carbocycles. The van der Waals surface area contributed by atoms with E-state index in [1.807, 2.05) is 55.5 Å². The largest absolute Gasteiger partial charge is 0.481 e. The van der Waals surface area contributed by atoms with Crippen LogP contribution in [0.3, 0.4) is 0 Å². The highest BCUT2D eigenvalue weighted by Gasteiger charge is 2.11. The fourth-order valence-electron chi connectivity index (χ4n) is 3.20. The zero-order valence-electron chi connectivity index (χ0n) is 16.9. The maximum absolute atomic E-state index is 10.8. The number of hydrogen-bond donors (Lipinski definition) is 2. The lowest BCUT2D eigenvalue weighted by molar-refractivity contribution is -0.136. The molecule has 1 aromatic carbocycles. The zero-order chi connectivity index (χ0) is 21.8. The molecule has 0 radical (unpaired) electrons. The highest BCUT2D eigenvalue weighted by Crippen LogP contribution is 2.24. The topological polar surface area (TPSA) is 133 Å². The first-order valence-electron chi connectivity index (χ1n) is 9.75. The average Bonchev–Trinajstić information content (AvgIpc) is 3.21. The summed E-state index contributed by atoms with van der Waals surface area (Å²) in [5.41, 5.74) is 11.4. The van der Waals surface area contributed by atoms with Gasteiger partial charge in [-0.3, -0.25) is 9.78 Å². The van der Waals surface area contributed by atoms with Gasteiger partial charge in [0, 0.05) is 17.7 Å². The fourth-order valence-corrected chi connectivity index (χ4v) is 3.20. The minimum atomic E-state index is -0.845. The van der Waals surface area contributed by atoms with Gasteiger partial charge < -0.3 is 10.8 Å². The number of nitrogens with two attached hydrogens (primary N) is 1. The zero-order valence-corrected chi connectivity index (χ0v) is 16.9. The molecule has 4 aromatic rings. The van der Waals surface area contributed by atoms with Gasteiger partial charge >= 0.3 is 5.97 Å². The number of anilines is 1. The molecule has 3 N–H and O–H groups in total. The summed E-state index contributed by atoms with van der Waals surface area (Å²) in [7, 11) is 0. The Balaban J connectivity index is 1.55. The van der Waals surface area contributed by atoms with E-state index in [4.69, 9.17) is 10.8 Å². The minimum absolute atomic E-state index is 0.0440. The predicted molar refractivity (Wildman–Crippen MR) is 115 cm³/mol. The maximum Gasteiger partial charge on any atom is 0.303 e. The lowest BCUT2D eigenvalue weighted by Gasteiger charge is -2.05. The van der Waals surface area contributed by atoms with Gasteiger partial charge in [0.1, 0.15) is 5.69 Å². The van der Waals surface area contributed by atoms with E-state index in [0.717, 1.165) is 22.5 Å². The fraction of sp³-hybridized carbons (Fsp3) is 0.182. The van der Waals surface area contributed by atoms with Crippen molar-refractivity contribution in [3.63, 3.8) is 0 Å². The number of pyridine rings is 1. The van der Waals surface area contributed by atoms with Crippen LogP contribution in [0.1, 0.15) is 23.4 Å². The number of carbonyl (C=O) groups is 1. The van der Waals surface area contributed by atoms with E-state index in [0.29, 0.717) is 30.0 Å². The van der Waals surface area contributed by atoms with Gasteiger partial charge in [0.2, 0.25) is 5.95 Å². The maximum atomic E-state index is 10.8. The van der Waals surface area contributed by atoms with Crippen LogP contribution in [-0.2, 0) is 17.8 Å². The van der Waals surface area contributed by atoms with Gasteiger partial charge in [-0.2, -0.15) is 0 Å². The van der Waals surface area contributed by atoms with Crippen LogP contribution >= 0.6 is 0 Å². The third kappa shape index (κ3) is 5.08. The summed E-state index contributed by atoms with van der Waals surface area (Å²) in [4.78, 5) is 23.9. The number of hydrogen-bond acceptors (Lipinski definition) is 7. The van der Waals surface area contributed by atoms with Crippen molar-refractivity contribution < 1.29 is 9.90 Å². The Morgan fingerprint density at radius 3 is 2.58 bits per heavy atom. The molecule has 4 rings (SSSR count). The quantitative estimate of drug-likeness (QED) is 0.471. The molecule has 3 heterocycles. The SMILES string of the molecule is Cc1cccc(-c2cc(-c3cn(Cc4cccc(CCC(=O)O)n4)nn3)nc(N)n2)c1. The average molecular weight is 415 g/mol. The molecule has 0 amide bonds. The normalized spacial score (nSPS) is 10.9. The van der Waals surface area contributed by atoms with Crippen LogP contribution in [0.5, 0.6) is 0 Å². The van der Waals surface area contributed by atoms with E-state index in [1.54, 1.807) is 10.9 Å². The lowest BCUT2D eigenvalue weighted by Crippen LogP contribution is -2.05. The number of nitrogens with zero attached hydrogens (tertiary/aromatic N) is 6. The standard InChI is InChI=1S/C22H21N7O2/c1-14-4-2-5-15(10-14)18-11-19(26-22(23)25-18)20-13-29(28-27-20)12-17-7-3-6-16(24-17)8-9-21(30)31/h2-7,10-11,13H,8-9,12H2,1H3,(H,30,31)(H2,23,25,26).